The van der Waals surface area contributed by atoms with Crippen LogP contribution in [0.3, 0.4) is 0 Å². The van der Waals surface area contributed by atoms with E-state index in [-0.39, 0.29) is 5.69 Å². The fourth-order valence-electron chi connectivity index (χ4n) is 2.10. The summed E-state index contributed by atoms with van der Waals surface area (Å²) in [6, 6.07) is 6.28. The van der Waals surface area contributed by atoms with E-state index in [1.165, 1.54) is 12.1 Å². The minimum atomic E-state index is -0.781. The first-order valence-corrected chi connectivity index (χ1v) is 6.36. The Morgan fingerprint density at radius 1 is 1.32 bits per heavy atom. The van der Waals surface area contributed by atoms with Gasteiger partial charge in [0.1, 0.15) is 0 Å². The highest BCUT2D eigenvalue weighted by atomic mass is 16.6. The van der Waals surface area contributed by atoms with E-state index in [2.05, 4.69) is 0 Å². The van der Waals surface area contributed by atoms with Crippen LogP contribution < -0.4 is 0 Å². The van der Waals surface area contributed by atoms with E-state index >= 15 is 0 Å². The second-order valence-electron chi connectivity index (χ2n) is 5.04. The molecule has 0 aliphatic heterocycles. The number of carboxylic acids is 1. The van der Waals surface area contributed by atoms with Gasteiger partial charge < -0.3 is 5.11 Å². The molecule has 1 atom stereocenters. The maximum atomic E-state index is 11.3. The summed E-state index contributed by atoms with van der Waals surface area (Å²) in [6.07, 6.45) is 2.60. The Morgan fingerprint density at radius 2 is 1.89 bits per heavy atom. The molecule has 1 rings (SSSR count). The Hall–Kier alpha value is -1.91. The molecule has 104 valence electrons. The van der Waals surface area contributed by atoms with Crippen molar-refractivity contribution < 1.29 is 14.8 Å². The first-order chi connectivity index (χ1) is 8.89. The lowest BCUT2D eigenvalue weighted by molar-refractivity contribution is -0.384. The fourth-order valence-corrected chi connectivity index (χ4v) is 2.10. The number of nitrogens with zero attached hydrogens (tertiary/aromatic N) is 1. The average Bonchev–Trinajstić information content (AvgIpc) is 2.37. The van der Waals surface area contributed by atoms with Crippen LogP contribution in [0.15, 0.2) is 24.3 Å². The van der Waals surface area contributed by atoms with Gasteiger partial charge in [0.2, 0.25) is 0 Å². The number of nitro groups is 1. The molecule has 0 saturated carbocycles. The van der Waals surface area contributed by atoms with Gasteiger partial charge in [0.25, 0.3) is 5.69 Å². The topological polar surface area (TPSA) is 80.4 Å². The summed E-state index contributed by atoms with van der Waals surface area (Å²) in [4.78, 5) is 21.4. The Balaban J connectivity index is 2.69. The monoisotopic (exact) mass is 265 g/mol. The highest BCUT2D eigenvalue weighted by Gasteiger charge is 2.31. The maximum absolute atomic E-state index is 11.3. The minimum absolute atomic E-state index is 0.0540. The molecule has 0 fully saturated rings. The molecule has 0 aliphatic rings. The number of carboxylic acid groups (broad SMARTS) is 1. The maximum Gasteiger partial charge on any atom is 0.309 e. The number of benzene rings is 1. The van der Waals surface area contributed by atoms with Crippen molar-refractivity contribution in [1.29, 1.82) is 0 Å². The third-order valence-corrected chi connectivity index (χ3v) is 3.43. The largest absolute Gasteiger partial charge is 0.481 e. The molecule has 0 heterocycles. The van der Waals surface area contributed by atoms with Crippen LogP contribution in [0.2, 0.25) is 0 Å². The number of hydrogen-bond donors (Lipinski definition) is 1. The first-order valence-electron chi connectivity index (χ1n) is 6.36. The van der Waals surface area contributed by atoms with Gasteiger partial charge in [-0.3, -0.25) is 14.9 Å². The number of non-ortho nitro benzene ring substituents is 1. The fraction of sp³-hybridized carbons (Fsp3) is 0.500. The lowest BCUT2D eigenvalue weighted by Crippen LogP contribution is -2.28. The van der Waals surface area contributed by atoms with Crippen molar-refractivity contribution in [2.45, 2.75) is 39.5 Å². The lowest BCUT2D eigenvalue weighted by Gasteiger charge is -2.24. The number of hydrogen-bond acceptors (Lipinski definition) is 3. The molecule has 5 nitrogen and oxygen atoms in total. The average molecular weight is 265 g/mol. The van der Waals surface area contributed by atoms with E-state index in [0.717, 1.165) is 12.0 Å². The number of aryl methyl sites for hydroxylation is 1. The summed E-state index contributed by atoms with van der Waals surface area (Å²) in [6.45, 7) is 3.72. The van der Waals surface area contributed by atoms with Crippen LogP contribution in [0, 0.1) is 15.5 Å². The molecule has 1 N–H and O–H groups in total. The van der Waals surface area contributed by atoms with Crippen molar-refractivity contribution >= 4 is 11.7 Å². The molecule has 0 bridgehead atoms. The second kappa shape index (κ2) is 6.31. The van der Waals surface area contributed by atoms with E-state index in [1.54, 1.807) is 19.1 Å². The quantitative estimate of drug-likeness (QED) is 0.605. The van der Waals surface area contributed by atoms with Crippen LogP contribution in [-0.2, 0) is 11.2 Å². The van der Waals surface area contributed by atoms with Gasteiger partial charge in [-0.25, -0.2) is 0 Å². The molecule has 5 heteroatoms. The van der Waals surface area contributed by atoms with E-state index in [0.29, 0.717) is 19.3 Å². The second-order valence-corrected chi connectivity index (χ2v) is 5.04. The van der Waals surface area contributed by atoms with Crippen LogP contribution in [0.5, 0.6) is 0 Å². The molecule has 0 saturated heterocycles. The number of carbonyl (C=O) groups is 1. The van der Waals surface area contributed by atoms with Crippen LogP contribution in [-0.4, -0.2) is 16.0 Å². The smallest absolute Gasteiger partial charge is 0.309 e. The lowest BCUT2D eigenvalue weighted by atomic mass is 9.80. The van der Waals surface area contributed by atoms with Gasteiger partial charge in [0, 0.05) is 12.1 Å². The molecule has 0 aliphatic carbocycles. The van der Waals surface area contributed by atoms with Gasteiger partial charge in [0.15, 0.2) is 0 Å². The van der Waals surface area contributed by atoms with Crippen LogP contribution in [0.25, 0.3) is 0 Å². The number of rotatable bonds is 7. The Labute approximate surface area is 112 Å². The summed E-state index contributed by atoms with van der Waals surface area (Å²) >= 11 is 0. The van der Waals surface area contributed by atoms with E-state index < -0.39 is 16.3 Å². The van der Waals surface area contributed by atoms with Gasteiger partial charge in [0.05, 0.1) is 10.3 Å². The minimum Gasteiger partial charge on any atom is -0.481 e. The molecule has 0 spiro atoms. The Kier molecular flexibility index (Phi) is 5.03. The van der Waals surface area contributed by atoms with Crippen molar-refractivity contribution in [2.24, 2.45) is 5.41 Å². The predicted octanol–water partition coefficient (Wildman–Crippen LogP) is 3.42. The molecule has 19 heavy (non-hydrogen) atoms. The van der Waals surface area contributed by atoms with Crippen molar-refractivity contribution in [3.8, 4) is 0 Å². The molecule has 0 amide bonds. The summed E-state index contributed by atoms with van der Waals surface area (Å²) in [5.74, 6) is -0.781. The highest BCUT2D eigenvalue weighted by Crippen LogP contribution is 2.30. The molecular weight excluding hydrogens is 246 g/mol. The third kappa shape index (κ3) is 4.05. The molecule has 1 aromatic carbocycles. The van der Waals surface area contributed by atoms with E-state index in [9.17, 15) is 20.0 Å². The number of nitro benzene ring substituents is 1. The van der Waals surface area contributed by atoms with Crippen LogP contribution in [0.4, 0.5) is 5.69 Å². The first kappa shape index (κ1) is 15.1. The zero-order valence-electron chi connectivity index (χ0n) is 11.3. The highest BCUT2D eigenvalue weighted by molar-refractivity contribution is 5.74. The zero-order valence-corrected chi connectivity index (χ0v) is 11.3. The molecule has 1 unspecified atom stereocenters. The predicted molar refractivity (Wildman–Crippen MR) is 72.1 cm³/mol. The SMILES string of the molecule is CCCC(C)(CCc1ccc([N+](=O)[O-])cc1)C(=O)O. The Morgan fingerprint density at radius 3 is 2.32 bits per heavy atom. The molecular formula is C14H19NO4. The summed E-state index contributed by atoms with van der Waals surface area (Å²) in [7, 11) is 0. The van der Waals surface area contributed by atoms with Crippen molar-refractivity contribution in [1.82, 2.24) is 0 Å². The summed E-state index contributed by atoms with van der Waals surface area (Å²) in [5, 5.41) is 19.8. The van der Waals surface area contributed by atoms with Gasteiger partial charge >= 0.3 is 5.97 Å². The van der Waals surface area contributed by atoms with Gasteiger partial charge in [-0.15, -0.1) is 0 Å². The van der Waals surface area contributed by atoms with Gasteiger partial charge in [-0.1, -0.05) is 25.5 Å². The van der Waals surface area contributed by atoms with E-state index in [4.69, 9.17) is 0 Å². The van der Waals surface area contributed by atoms with Crippen molar-refractivity contribution in [2.75, 3.05) is 0 Å². The summed E-state index contributed by atoms with van der Waals surface area (Å²) < 4.78 is 0. The Bertz CT molecular complexity index is 455. The van der Waals surface area contributed by atoms with E-state index in [1.807, 2.05) is 6.92 Å². The van der Waals surface area contributed by atoms with Crippen molar-refractivity contribution in [3.05, 3.63) is 39.9 Å². The van der Waals surface area contributed by atoms with Gasteiger partial charge in [-0.2, -0.15) is 0 Å². The van der Waals surface area contributed by atoms with Crippen LogP contribution in [0.1, 0.15) is 38.7 Å². The summed E-state index contributed by atoms with van der Waals surface area (Å²) in [5.41, 5.74) is 0.253. The molecule has 1 aromatic rings. The van der Waals surface area contributed by atoms with Gasteiger partial charge in [-0.05, 0) is 31.7 Å². The molecule has 0 radical (unpaired) electrons. The van der Waals surface area contributed by atoms with Crippen molar-refractivity contribution in [3.63, 3.8) is 0 Å². The standard InChI is InChI=1S/C14H19NO4/c1-3-9-14(2,13(16)17)10-8-11-4-6-12(7-5-11)15(18)19/h4-7H,3,8-10H2,1-2H3,(H,16,17). The normalized spacial score (nSPS) is 13.8. The third-order valence-electron chi connectivity index (χ3n) is 3.43. The number of aliphatic carboxylic acids is 1. The van der Waals surface area contributed by atoms with Crippen LogP contribution >= 0.6 is 0 Å². The molecule has 0 aromatic heterocycles. The zero-order chi connectivity index (χ0) is 14.5.